The molecule has 0 fully saturated rings. The molecule has 0 amide bonds. The summed E-state index contributed by atoms with van der Waals surface area (Å²) in [6, 6.07) is 6.31. The Bertz CT molecular complexity index is 681. The van der Waals surface area contributed by atoms with E-state index in [1.54, 1.807) is 0 Å². The van der Waals surface area contributed by atoms with E-state index in [4.69, 9.17) is 0 Å². The molecular weight excluding hydrogens is 297 g/mol. The van der Waals surface area contributed by atoms with Gasteiger partial charge >= 0.3 is 5.51 Å². The Balaban J connectivity index is 2.32. The van der Waals surface area contributed by atoms with Gasteiger partial charge in [-0.2, -0.15) is 13.2 Å². The molecule has 1 aromatic heterocycles. The summed E-state index contributed by atoms with van der Waals surface area (Å²) in [5.74, 6) is 0. The average Bonchev–Trinajstić information content (AvgIpc) is 2.88. The number of alkyl halides is 3. The van der Waals surface area contributed by atoms with Crippen LogP contribution in [0.3, 0.4) is 0 Å². The van der Waals surface area contributed by atoms with E-state index in [2.05, 4.69) is 15.0 Å². The van der Waals surface area contributed by atoms with Crippen LogP contribution in [0.5, 0.6) is 0 Å². The summed E-state index contributed by atoms with van der Waals surface area (Å²) in [5.41, 5.74) is -5.06. The molecule has 1 aromatic carbocycles. The van der Waals surface area contributed by atoms with Crippen molar-refractivity contribution >= 4 is 15.5 Å². The molecule has 0 aliphatic rings. The summed E-state index contributed by atoms with van der Waals surface area (Å²) < 4.78 is 65.1. The summed E-state index contributed by atoms with van der Waals surface area (Å²) in [7, 11) is -5.40. The molecule has 0 spiro atoms. The van der Waals surface area contributed by atoms with Crippen molar-refractivity contribution in [2.75, 3.05) is 5.32 Å². The smallest absolute Gasteiger partial charge is 0.378 e. The summed E-state index contributed by atoms with van der Waals surface area (Å²) in [6.45, 7) is 0.0426. The first kappa shape index (κ1) is 14.4. The molecule has 0 bridgehead atoms. The van der Waals surface area contributed by atoms with Crippen LogP contribution >= 0.6 is 0 Å². The number of nitrogens with one attached hydrogen (secondary N) is 1. The second-order valence-electron chi connectivity index (χ2n) is 3.79. The fraction of sp³-hybridized carbons (Fsp3) is 0.182. The van der Waals surface area contributed by atoms with E-state index in [1.165, 1.54) is 30.5 Å². The molecule has 0 aliphatic heterocycles. The zero-order chi connectivity index (χ0) is 14.8. The van der Waals surface area contributed by atoms with Crippen molar-refractivity contribution in [1.29, 1.82) is 0 Å². The van der Waals surface area contributed by atoms with Gasteiger partial charge in [-0.1, -0.05) is 17.3 Å². The topological polar surface area (TPSA) is 72.2 Å². The first-order valence-electron chi connectivity index (χ1n) is 5.36. The van der Waals surface area contributed by atoms with Crippen molar-refractivity contribution in [2.24, 2.45) is 0 Å². The van der Waals surface area contributed by atoms with Crippen molar-refractivity contribution in [3.05, 3.63) is 42.3 Å². The second-order valence-corrected chi connectivity index (χ2v) is 5.70. The minimum absolute atomic E-state index is 0.0426. The highest BCUT2D eigenvalue weighted by Crippen LogP contribution is 2.34. The number of hydrogen-bond acceptors (Lipinski definition) is 5. The second kappa shape index (κ2) is 5.16. The van der Waals surface area contributed by atoms with Crippen LogP contribution in [0.2, 0.25) is 0 Å². The minimum atomic E-state index is -5.40. The van der Waals surface area contributed by atoms with E-state index in [-0.39, 0.29) is 12.2 Å². The number of halogens is 3. The van der Waals surface area contributed by atoms with Crippen molar-refractivity contribution in [3.8, 4) is 0 Å². The van der Waals surface area contributed by atoms with E-state index < -0.39 is 20.2 Å². The zero-order valence-electron chi connectivity index (χ0n) is 9.89. The lowest BCUT2D eigenvalue weighted by molar-refractivity contribution is -0.0435. The molecule has 5 nitrogen and oxygen atoms in total. The van der Waals surface area contributed by atoms with E-state index >= 15 is 0 Å². The molecule has 2 rings (SSSR count). The normalized spacial score (nSPS) is 12.3. The SMILES string of the molecule is O=S(=O)(c1ccccc1NCc1ccon1)C(F)(F)F. The highest BCUT2D eigenvalue weighted by Gasteiger charge is 2.47. The minimum Gasteiger partial charge on any atom is -0.378 e. The van der Waals surface area contributed by atoms with Crippen LogP contribution in [0.1, 0.15) is 5.69 Å². The number of anilines is 1. The lowest BCUT2D eigenvalue weighted by atomic mass is 10.3. The van der Waals surface area contributed by atoms with Crippen LogP contribution in [0.4, 0.5) is 18.9 Å². The average molecular weight is 306 g/mol. The quantitative estimate of drug-likeness (QED) is 0.940. The fourth-order valence-electron chi connectivity index (χ4n) is 1.49. The first-order chi connectivity index (χ1) is 9.32. The van der Waals surface area contributed by atoms with Gasteiger partial charge in [-0.25, -0.2) is 8.42 Å². The predicted octanol–water partition coefficient (Wildman–Crippen LogP) is 2.58. The molecule has 1 N–H and O–H groups in total. The highest BCUT2D eigenvalue weighted by molar-refractivity contribution is 7.92. The van der Waals surface area contributed by atoms with E-state index in [1.807, 2.05) is 0 Å². The third kappa shape index (κ3) is 2.77. The Hall–Kier alpha value is -2.03. The van der Waals surface area contributed by atoms with Crippen LogP contribution in [-0.4, -0.2) is 19.1 Å². The monoisotopic (exact) mass is 306 g/mol. The van der Waals surface area contributed by atoms with Gasteiger partial charge in [0.2, 0.25) is 0 Å². The third-order valence-corrected chi connectivity index (χ3v) is 3.98. The number of benzene rings is 1. The van der Waals surface area contributed by atoms with E-state index in [0.29, 0.717) is 5.69 Å². The maximum Gasteiger partial charge on any atom is 0.501 e. The standard InChI is InChI=1S/C11H9F3N2O3S/c12-11(13,14)20(17,18)10-4-2-1-3-9(10)15-7-8-5-6-19-16-8/h1-6,15H,7H2. The molecule has 0 aliphatic carbocycles. The van der Waals surface area contributed by atoms with Crippen LogP contribution < -0.4 is 5.32 Å². The highest BCUT2D eigenvalue weighted by atomic mass is 32.2. The van der Waals surface area contributed by atoms with Crippen molar-refractivity contribution in [1.82, 2.24) is 5.16 Å². The molecule has 0 unspecified atom stereocenters. The Morgan fingerprint density at radius 3 is 2.50 bits per heavy atom. The number of sulfone groups is 1. The van der Waals surface area contributed by atoms with Crippen molar-refractivity contribution in [3.63, 3.8) is 0 Å². The molecular formula is C11H9F3N2O3S. The van der Waals surface area contributed by atoms with Crippen molar-refractivity contribution in [2.45, 2.75) is 16.9 Å². The lowest BCUT2D eigenvalue weighted by Gasteiger charge is -2.13. The van der Waals surface area contributed by atoms with Crippen LogP contribution in [-0.2, 0) is 16.4 Å². The van der Waals surface area contributed by atoms with Gasteiger partial charge in [0.1, 0.15) is 12.0 Å². The molecule has 0 atom stereocenters. The third-order valence-electron chi connectivity index (χ3n) is 2.43. The van der Waals surface area contributed by atoms with Gasteiger partial charge in [-0.3, -0.25) is 0 Å². The predicted molar refractivity (Wildman–Crippen MR) is 63.5 cm³/mol. The van der Waals surface area contributed by atoms with E-state index in [0.717, 1.165) is 6.07 Å². The number of hydrogen-bond donors (Lipinski definition) is 1. The summed E-state index contributed by atoms with van der Waals surface area (Å²) in [5, 5.41) is 6.15. The van der Waals surface area contributed by atoms with Crippen molar-refractivity contribution < 1.29 is 26.1 Å². The molecule has 20 heavy (non-hydrogen) atoms. The molecule has 0 radical (unpaired) electrons. The molecule has 0 saturated carbocycles. The number of aromatic nitrogens is 1. The van der Waals surface area contributed by atoms with Gasteiger partial charge < -0.3 is 9.84 Å². The molecule has 1 heterocycles. The van der Waals surface area contributed by atoms with Crippen LogP contribution in [0, 0.1) is 0 Å². The number of rotatable bonds is 4. The van der Waals surface area contributed by atoms with Gasteiger partial charge in [0.05, 0.1) is 17.1 Å². The van der Waals surface area contributed by atoms with Crippen LogP contribution in [0.15, 0.2) is 46.0 Å². The largest absolute Gasteiger partial charge is 0.501 e. The summed E-state index contributed by atoms with van der Waals surface area (Å²) in [4.78, 5) is -0.823. The summed E-state index contributed by atoms with van der Waals surface area (Å²) in [6.07, 6.45) is 1.30. The molecule has 2 aromatic rings. The fourth-order valence-corrected chi connectivity index (χ4v) is 2.42. The Morgan fingerprint density at radius 2 is 1.90 bits per heavy atom. The lowest BCUT2D eigenvalue weighted by Crippen LogP contribution is -2.24. The van der Waals surface area contributed by atoms with Gasteiger partial charge in [-0.15, -0.1) is 0 Å². The van der Waals surface area contributed by atoms with Gasteiger partial charge in [0.15, 0.2) is 0 Å². The molecule has 0 saturated heterocycles. The van der Waals surface area contributed by atoms with Gasteiger partial charge in [0, 0.05) is 6.07 Å². The number of nitrogens with zero attached hydrogens (tertiary/aromatic N) is 1. The van der Waals surface area contributed by atoms with Gasteiger partial charge in [-0.05, 0) is 12.1 Å². The Morgan fingerprint density at radius 1 is 1.20 bits per heavy atom. The maximum absolute atomic E-state index is 12.6. The van der Waals surface area contributed by atoms with E-state index in [9.17, 15) is 21.6 Å². The number of para-hydroxylation sites is 1. The zero-order valence-corrected chi connectivity index (χ0v) is 10.7. The maximum atomic E-state index is 12.6. The first-order valence-corrected chi connectivity index (χ1v) is 6.84. The Labute approximate surface area is 112 Å². The van der Waals surface area contributed by atoms with Crippen LogP contribution in [0.25, 0.3) is 0 Å². The molecule has 9 heteroatoms. The molecule has 108 valence electrons. The summed E-state index contributed by atoms with van der Waals surface area (Å²) >= 11 is 0. The Kier molecular flexibility index (Phi) is 3.71. The van der Waals surface area contributed by atoms with Gasteiger partial charge in [0.25, 0.3) is 9.84 Å².